The van der Waals surface area contributed by atoms with E-state index >= 15 is 0 Å². The van der Waals surface area contributed by atoms with Gasteiger partial charge in [-0.1, -0.05) is 25.5 Å². The Morgan fingerprint density at radius 3 is 1.95 bits per heavy atom. The van der Waals surface area contributed by atoms with E-state index in [4.69, 9.17) is 4.74 Å². The van der Waals surface area contributed by atoms with Gasteiger partial charge in [0.05, 0.1) is 0 Å². The zero-order chi connectivity index (χ0) is 13.7. The van der Waals surface area contributed by atoms with E-state index in [0.29, 0.717) is 5.56 Å². The molecule has 2 aromatic rings. The second kappa shape index (κ2) is 6.19. The van der Waals surface area contributed by atoms with E-state index in [1.807, 2.05) is 24.3 Å². The zero-order valence-corrected chi connectivity index (χ0v) is 11.3. The van der Waals surface area contributed by atoms with Gasteiger partial charge in [-0.25, -0.2) is 0 Å². The molecule has 0 heterocycles. The molecule has 0 bridgehead atoms. The second-order valence-electron chi connectivity index (χ2n) is 4.58. The van der Waals surface area contributed by atoms with Crippen LogP contribution in [-0.4, -0.2) is 5.78 Å². The Morgan fingerprint density at radius 1 is 0.947 bits per heavy atom. The number of hydrogen-bond donors (Lipinski definition) is 0. The number of Topliss-reactive ketones (excluding diaryl/α,β-unsaturated/α-hetero) is 1. The van der Waals surface area contributed by atoms with Crippen LogP contribution in [0.1, 0.15) is 36.2 Å². The third-order valence-corrected chi connectivity index (χ3v) is 2.96. The molecule has 98 valence electrons. The summed E-state index contributed by atoms with van der Waals surface area (Å²) >= 11 is 0. The number of ketones is 1. The predicted molar refractivity (Wildman–Crippen MR) is 77.0 cm³/mol. The van der Waals surface area contributed by atoms with Crippen molar-refractivity contribution in [2.24, 2.45) is 0 Å². The largest absolute Gasteiger partial charge is 0.457 e. The van der Waals surface area contributed by atoms with Crippen molar-refractivity contribution >= 4 is 5.78 Å². The Hall–Kier alpha value is -2.09. The molecule has 0 unspecified atom stereocenters. The molecule has 0 saturated heterocycles. The molecule has 0 saturated carbocycles. The third kappa shape index (κ3) is 3.68. The van der Waals surface area contributed by atoms with E-state index in [0.717, 1.165) is 24.3 Å². The fourth-order valence-corrected chi connectivity index (χ4v) is 1.91. The van der Waals surface area contributed by atoms with Gasteiger partial charge in [0.1, 0.15) is 11.5 Å². The summed E-state index contributed by atoms with van der Waals surface area (Å²) in [4.78, 5) is 11.2. The number of aryl methyl sites for hydroxylation is 1. The topological polar surface area (TPSA) is 26.3 Å². The highest BCUT2D eigenvalue weighted by Crippen LogP contribution is 2.22. The number of carbonyl (C=O) groups excluding carboxylic acids is 1. The van der Waals surface area contributed by atoms with Crippen molar-refractivity contribution in [2.75, 3.05) is 0 Å². The van der Waals surface area contributed by atoms with Crippen LogP contribution in [0.15, 0.2) is 48.5 Å². The van der Waals surface area contributed by atoms with Crippen LogP contribution in [0.3, 0.4) is 0 Å². The molecular weight excluding hydrogens is 236 g/mol. The summed E-state index contributed by atoms with van der Waals surface area (Å²) in [6.07, 6.45) is 2.24. The van der Waals surface area contributed by atoms with E-state index in [1.54, 1.807) is 19.1 Å². The van der Waals surface area contributed by atoms with Crippen molar-refractivity contribution in [3.8, 4) is 11.5 Å². The number of ether oxygens (including phenoxy) is 1. The van der Waals surface area contributed by atoms with E-state index in [2.05, 4.69) is 19.1 Å². The summed E-state index contributed by atoms with van der Waals surface area (Å²) in [6, 6.07) is 15.3. The van der Waals surface area contributed by atoms with Gasteiger partial charge >= 0.3 is 0 Å². The molecule has 0 atom stereocenters. The number of hydrogen-bond acceptors (Lipinski definition) is 2. The van der Waals surface area contributed by atoms with Gasteiger partial charge in [-0.2, -0.15) is 0 Å². The van der Waals surface area contributed by atoms with Crippen LogP contribution < -0.4 is 4.74 Å². The molecule has 0 aromatic heterocycles. The maximum atomic E-state index is 11.2. The molecule has 2 heteroatoms. The molecule has 0 aliphatic rings. The summed E-state index contributed by atoms with van der Waals surface area (Å²) in [6.45, 7) is 3.73. The first-order valence-electron chi connectivity index (χ1n) is 6.57. The zero-order valence-electron chi connectivity index (χ0n) is 11.3. The molecule has 0 aliphatic carbocycles. The van der Waals surface area contributed by atoms with Crippen molar-refractivity contribution in [3.63, 3.8) is 0 Å². The minimum Gasteiger partial charge on any atom is -0.457 e. The molecule has 2 aromatic carbocycles. The van der Waals surface area contributed by atoms with Crippen LogP contribution in [0.2, 0.25) is 0 Å². The highest BCUT2D eigenvalue weighted by Gasteiger charge is 2.01. The molecule has 2 nitrogen and oxygen atoms in total. The van der Waals surface area contributed by atoms with Gasteiger partial charge in [-0.15, -0.1) is 0 Å². The minimum atomic E-state index is 0.0652. The van der Waals surface area contributed by atoms with Crippen LogP contribution in [0, 0.1) is 0 Å². The van der Waals surface area contributed by atoms with Crippen molar-refractivity contribution in [2.45, 2.75) is 26.7 Å². The number of benzene rings is 2. The van der Waals surface area contributed by atoms with Crippen LogP contribution in [0.5, 0.6) is 11.5 Å². The number of rotatable bonds is 5. The summed E-state index contributed by atoms with van der Waals surface area (Å²) in [5, 5.41) is 0. The van der Waals surface area contributed by atoms with Gasteiger partial charge < -0.3 is 4.74 Å². The summed E-state index contributed by atoms with van der Waals surface area (Å²) in [7, 11) is 0. The first kappa shape index (κ1) is 13.3. The lowest BCUT2D eigenvalue weighted by Gasteiger charge is -2.07. The Kier molecular flexibility index (Phi) is 4.35. The fourth-order valence-electron chi connectivity index (χ4n) is 1.91. The molecule has 0 amide bonds. The Labute approximate surface area is 114 Å². The summed E-state index contributed by atoms with van der Waals surface area (Å²) < 4.78 is 5.73. The van der Waals surface area contributed by atoms with Gasteiger partial charge in [0.2, 0.25) is 0 Å². The van der Waals surface area contributed by atoms with Crippen LogP contribution in [-0.2, 0) is 6.42 Å². The van der Waals surface area contributed by atoms with Crippen molar-refractivity contribution in [1.29, 1.82) is 0 Å². The maximum Gasteiger partial charge on any atom is 0.159 e. The molecule has 0 aliphatic heterocycles. The van der Waals surface area contributed by atoms with E-state index in [-0.39, 0.29) is 5.78 Å². The maximum absolute atomic E-state index is 11.2. The van der Waals surface area contributed by atoms with E-state index in [9.17, 15) is 4.79 Å². The van der Waals surface area contributed by atoms with Crippen molar-refractivity contribution in [3.05, 3.63) is 59.7 Å². The molecule has 0 fully saturated rings. The van der Waals surface area contributed by atoms with Crippen LogP contribution in [0.4, 0.5) is 0 Å². The normalized spacial score (nSPS) is 10.2. The highest BCUT2D eigenvalue weighted by atomic mass is 16.5. The SMILES string of the molecule is CCCc1ccc(Oc2ccc(C(C)=O)cc2)cc1. The molecule has 0 radical (unpaired) electrons. The Bertz CT molecular complexity index is 538. The van der Waals surface area contributed by atoms with Gasteiger partial charge in [-0.05, 0) is 55.3 Å². The smallest absolute Gasteiger partial charge is 0.159 e. The lowest BCUT2D eigenvalue weighted by Crippen LogP contribution is -1.91. The molecular formula is C17H18O2. The third-order valence-electron chi connectivity index (χ3n) is 2.96. The first-order chi connectivity index (χ1) is 9.19. The fraction of sp³-hybridized carbons (Fsp3) is 0.235. The Morgan fingerprint density at radius 2 is 1.47 bits per heavy atom. The predicted octanol–water partition coefficient (Wildman–Crippen LogP) is 4.63. The average molecular weight is 254 g/mol. The van der Waals surface area contributed by atoms with Gasteiger partial charge in [0.15, 0.2) is 5.78 Å². The van der Waals surface area contributed by atoms with Crippen LogP contribution in [0.25, 0.3) is 0 Å². The molecule has 0 N–H and O–H groups in total. The minimum absolute atomic E-state index is 0.0652. The molecule has 0 spiro atoms. The van der Waals surface area contributed by atoms with Gasteiger partial charge in [0.25, 0.3) is 0 Å². The lowest BCUT2D eigenvalue weighted by atomic mass is 10.1. The quantitative estimate of drug-likeness (QED) is 0.727. The average Bonchev–Trinajstić information content (AvgIpc) is 2.42. The van der Waals surface area contributed by atoms with Crippen LogP contribution >= 0.6 is 0 Å². The summed E-state index contributed by atoms with van der Waals surface area (Å²) in [5.74, 6) is 1.62. The van der Waals surface area contributed by atoms with Crippen molar-refractivity contribution in [1.82, 2.24) is 0 Å². The molecule has 19 heavy (non-hydrogen) atoms. The molecule has 2 rings (SSSR count). The monoisotopic (exact) mass is 254 g/mol. The van der Waals surface area contributed by atoms with Gasteiger partial charge in [-0.3, -0.25) is 4.79 Å². The van der Waals surface area contributed by atoms with Gasteiger partial charge in [0, 0.05) is 5.56 Å². The summed E-state index contributed by atoms with van der Waals surface area (Å²) in [5.41, 5.74) is 2.02. The van der Waals surface area contributed by atoms with Crippen molar-refractivity contribution < 1.29 is 9.53 Å². The first-order valence-corrected chi connectivity index (χ1v) is 6.57. The standard InChI is InChI=1S/C17H18O2/c1-3-4-14-5-9-16(10-6-14)19-17-11-7-15(8-12-17)13(2)18/h5-12H,3-4H2,1-2H3. The lowest BCUT2D eigenvalue weighted by molar-refractivity contribution is 0.101. The Balaban J connectivity index is 2.06. The van der Waals surface area contributed by atoms with E-state index < -0.39 is 0 Å². The number of carbonyl (C=O) groups is 1. The second-order valence-corrected chi connectivity index (χ2v) is 4.58. The highest BCUT2D eigenvalue weighted by molar-refractivity contribution is 5.94. The van der Waals surface area contributed by atoms with E-state index in [1.165, 1.54) is 5.56 Å².